The van der Waals surface area contributed by atoms with Crippen LogP contribution in [0.3, 0.4) is 0 Å². The number of likely N-dealkylation sites (tertiary alicyclic amines) is 2. The molecule has 1 saturated carbocycles. The Morgan fingerprint density at radius 1 is 0.630 bits per heavy atom. The number of hydrogen-bond donors (Lipinski definition) is 3. The van der Waals surface area contributed by atoms with Crippen LogP contribution in [-0.2, 0) is 23.9 Å². The van der Waals surface area contributed by atoms with Gasteiger partial charge in [0.15, 0.2) is 0 Å². The van der Waals surface area contributed by atoms with Crippen LogP contribution in [0.4, 0.5) is 0 Å². The van der Waals surface area contributed by atoms with Gasteiger partial charge in [0.25, 0.3) is 0 Å². The lowest BCUT2D eigenvalue weighted by Crippen LogP contribution is -2.55. The molecule has 3 N–H and O–H groups in total. The van der Waals surface area contributed by atoms with E-state index in [1.807, 2.05) is 114 Å². The zero-order valence-electron chi connectivity index (χ0n) is 42.8. The molecule has 0 unspecified atom stereocenters. The molecular formula is C58H72ClN9O5. The fourth-order valence-corrected chi connectivity index (χ4v) is 11.6. The Kier molecular flexibility index (Phi) is 16.9. The molecule has 10 rings (SSSR count). The average molecular weight is 1010 g/mol. The number of nitrogens with zero attached hydrogens (tertiary/aromatic N) is 6. The second-order valence-corrected chi connectivity index (χ2v) is 20.9. The van der Waals surface area contributed by atoms with Crippen LogP contribution >= 0.6 is 11.6 Å². The van der Waals surface area contributed by atoms with Crippen LogP contribution < -0.4 is 16.0 Å². The predicted octanol–water partition coefficient (Wildman–Crippen LogP) is 9.61. The van der Waals surface area contributed by atoms with Crippen molar-refractivity contribution in [1.29, 1.82) is 0 Å². The number of ether oxygens (including phenoxy) is 1. The van der Waals surface area contributed by atoms with Crippen molar-refractivity contribution >= 4 is 46.5 Å². The molecule has 14 nitrogen and oxygen atoms in total. The lowest BCUT2D eigenvalue weighted by atomic mass is 9.83. The number of nitrogens with one attached hydrogen (secondary N) is 3. The van der Waals surface area contributed by atoms with Crippen LogP contribution in [0.1, 0.15) is 121 Å². The first-order valence-corrected chi connectivity index (χ1v) is 27.1. The van der Waals surface area contributed by atoms with E-state index in [4.69, 9.17) is 26.3 Å². The Morgan fingerprint density at radius 3 is 1.73 bits per heavy atom. The number of rotatable bonds is 14. The first kappa shape index (κ1) is 51.8. The van der Waals surface area contributed by atoms with Crippen molar-refractivity contribution in [3.8, 4) is 22.3 Å². The number of halogens is 1. The number of hydrogen-bond acceptors (Lipinski definition) is 8. The van der Waals surface area contributed by atoms with Crippen LogP contribution in [-0.4, -0.2) is 104 Å². The van der Waals surface area contributed by atoms with E-state index in [2.05, 4.69) is 44.7 Å². The van der Waals surface area contributed by atoms with Crippen LogP contribution in [0, 0.1) is 17.8 Å². The Bertz CT molecular complexity index is 2860. The van der Waals surface area contributed by atoms with Gasteiger partial charge in [-0.3, -0.25) is 19.2 Å². The lowest BCUT2D eigenvalue weighted by molar-refractivity contribution is -0.140. The third-order valence-electron chi connectivity index (χ3n) is 15.9. The Labute approximate surface area is 434 Å². The van der Waals surface area contributed by atoms with E-state index in [-0.39, 0.29) is 59.5 Å². The minimum Gasteiger partial charge on any atom is -0.381 e. The molecule has 4 amide bonds. The minimum atomic E-state index is -0.540. The van der Waals surface area contributed by atoms with Gasteiger partial charge < -0.3 is 39.3 Å². The van der Waals surface area contributed by atoms with E-state index < -0.39 is 12.1 Å². The van der Waals surface area contributed by atoms with Crippen molar-refractivity contribution in [2.75, 3.05) is 33.4 Å². The Balaban J connectivity index is 0.000000180. The third-order valence-corrected chi connectivity index (χ3v) is 16.2. The molecule has 15 heteroatoms. The molecule has 0 spiro atoms. The number of imidazole rings is 2. The van der Waals surface area contributed by atoms with E-state index in [1.165, 1.54) is 6.42 Å². The van der Waals surface area contributed by atoms with Crippen LogP contribution in [0.5, 0.6) is 0 Å². The monoisotopic (exact) mass is 1010 g/mol. The number of carbonyl (C=O) groups is 4. The number of pyridine rings is 2. The molecule has 4 aromatic heterocycles. The van der Waals surface area contributed by atoms with E-state index in [9.17, 15) is 19.2 Å². The predicted molar refractivity (Wildman–Crippen MR) is 286 cm³/mol. The summed E-state index contributed by atoms with van der Waals surface area (Å²) in [6, 6.07) is 24.6. The number of aromatic nitrogens is 4. The van der Waals surface area contributed by atoms with Gasteiger partial charge in [0.2, 0.25) is 23.6 Å². The summed E-state index contributed by atoms with van der Waals surface area (Å²) in [7, 11) is 1.77. The van der Waals surface area contributed by atoms with Gasteiger partial charge >= 0.3 is 0 Å². The largest absolute Gasteiger partial charge is 0.381 e. The first-order chi connectivity index (χ1) is 35.5. The number of carbonyl (C=O) groups excluding carboxylic acids is 4. The maximum atomic E-state index is 14.0. The van der Waals surface area contributed by atoms with Gasteiger partial charge in [0.1, 0.15) is 23.4 Å². The van der Waals surface area contributed by atoms with Gasteiger partial charge in [-0.05, 0) is 119 Å². The first-order valence-electron chi connectivity index (χ1n) is 26.8. The van der Waals surface area contributed by atoms with E-state index in [1.54, 1.807) is 7.05 Å². The highest BCUT2D eigenvalue weighted by Gasteiger charge is 2.42. The SMILES string of the molecule is CC[C@@H](C)C(=O)N[C@H](C(=O)N1CCC[C@H]1c1cn2cccc(-c3ccccc3Cl)c2n1)C1CCOCC1.CN[C@@H](C)C(=O)N[C@H](C(=O)N1CCC[C@H]1c1cn2cccc(-c3ccccc3)c2n1)C1CCCCC1. The molecule has 3 saturated heterocycles. The fourth-order valence-electron chi connectivity index (χ4n) is 11.3. The Morgan fingerprint density at radius 2 is 1.15 bits per heavy atom. The molecule has 2 aromatic carbocycles. The summed E-state index contributed by atoms with van der Waals surface area (Å²) < 4.78 is 9.62. The molecule has 6 atom stereocenters. The summed E-state index contributed by atoms with van der Waals surface area (Å²) in [6.45, 7) is 8.33. The molecule has 4 fully saturated rings. The minimum absolute atomic E-state index is 0.00515. The summed E-state index contributed by atoms with van der Waals surface area (Å²) >= 11 is 6.51. The van der Waals surface area contributed by atoms with Gasteiger partial charge in [-0.15, -0.1) is 0 Å². The van der Waals surface area contributed by atoms with Crippen molar-refractivity contribution < 1.29 is 23.9 Å². The van der Waals surface area contributed by atoms with E-state index in [0.29, 0.717) is 31.3 Å². The highest BCUT2D eigenvalue weighted by Crippen LogP contribution is 2.38. The number of likely N-dealkylation sites (N-methyl/N-ethyl adjacent to an activating group) is 1. The molecular weight excluding hydrogens is 938 g/mol. The quantitative estimate of drug-likeness (QED) is 0.0975. The third kappa shape index (κ3) is 11.5. The molecule has 7 heterocycles. The molecule has 0 radical (unpaired) electrons. The molecule has 386 valence electrons. The topological polar surface area (TPSA) is 155 Å². The highest BCUT2D eigenvalue weighted by atomic mass is 35.5. The average Bonchev–Trinajstić information content (AvgIpc) is 4.28. The Hall–Kier alpha value is -6.09. The number of fused-ring (bicyclic) bond motifs is 2. The van der Waals surface area contributed by atoms with Crippen LogP contribution in [0.25, 0.3) is 33.5 Å². The summed E-state index contributed by atoms with van der Waals surface area (Å²) in [5.41, 5.74) is 7.58. The summed E-state index contributed by atoms with van der Waals surface area (Å²) in [4.78, 5) is 67.8. The lowest BCUT2D eigenvalue weighted by Gasteiger charge is -2.35. The molecule has 3 aliphatic heterocycles. The smallest absolute Gasteiger partial charge is 0.246 e. The van der Waals surface area contributed by atoms with Gasteiger partial charge in [-0.2, -0.15) is 0 Å². The summed E-state index contributed by atoms with van der Waals surface area (Å²) in [5, 5.41) is 9.92. The summed E-state index contributed by atoms with van der Waals surface area (Å²) in [5.74, 6) is -0.00530. The van der Waals surface area contributed by atoms with Crippen molar-refractivity contribution in [1.82, 2.24) is 44.5 Å². The maximum Gasteiger partial charge on any atom is 0.246 e. The van der Waals surface area contributed by atoms with Crippen LogP contribution in [0.2, 0.25) is 5.02 Å². The summed E-state index contributed by atoms with van der Waals surface area (Å²) in [6.07, 6.45) is 19.3. The van der Waals surface area contributed by atoms with Gasteiger partial charge in [0, 0.05) is 78.7 Å². The van der Waals surface area contributed by atoms with Crippen molar-refractivity contribution in [3.63, 3.8) is 0 Å². The molecule has 6 aromatic rings. The van der Waals surface area contributed by atoms with Crippen LogP contribution in [0.15, 0.2) is 104 Å². The second-order valence-electron chi connectivity index (χ2n) is 20.5. The highest BCUT2D eigenvalue weighted by molar-refractivity contribution is 6.33. The van der Waals surface area contributed by atoms with Gasteiger partial charge in [-0.25, -0.2) is 9.97 Å². The number of amides is 4. The van der Waals surface area contributed by atoms with Gasteiger partial charge in [0.05, 0.1) is 29.5 Å². The van der Waals surface area contributed by atoms with Crippen molar-refractivity contribution in [2.45, 2.75) is 128 Å². The zero-order valence-corrected chi connectivity index (χ0v) is 43.6. The molecule has 73 heavy (non-hydrogen) atoms. The molecule has 4 aliphatic rings. The molecule has 0 bridgehead atoms. The maximum absolute atomic E-state index is 14.0. The van der Waals surface area contributed by atoms with Gasteiger partial charge in [-0.1, -0.05) is 93.2 Å². The fraction of sp³-hybridized carbons (Fsp3) is 0.483. The zero-order chi connectivity index (χ0) is 51.0. The van der Waals surface area contributed by atoms with Crippen molar-refractivity contribution in [3.05, 3.63) is 120 Å². The molecule has 1 aliphatic carbocycles. The normalized spacial score (nSPS) is 20.3. The second kappa shape index (κ2) is 23.8. The van der Waals surface area contributed by atoms with E-state index >= 15 is 0 Å². The standard InChI is InChI=1S/C29H35ClN4O3.C29H37N5O2/c1-3-19(2)28(35)32-26(20-12-16-37-17-13-20)29(36)34-15-7-11-25(34)24-18-33-14-6-9-22(27(33)31-24)21-8-4-5-10-23(21)30;1-20(30-2)28(35)32-26(22-13-7-4-8-14-22)29(36)34-18-10-16-25(34)24-19-33-17-9-15-23(27(33)31-24)21-11-5-3-6-12-21/h4-6,8-10,14,18-20,25-26H,3,7,11-13,15-17H2,1-2H3,(H,32,35);3,5-6,9,11-12,15,17,19-20,22,25-26,30H,4,7-8,10,13-14,16,18H2,1-2H3,(H,32,35)/t19-,25+,26+;20-,25-,26-/m10/s1. The van der Waals surface area contributed by atoms with Crippen molar-refractivity contribution in [2.24, 2.45) is 17.8 Å². The van der Waals surface area contributed by atoms with E-state index in [0.717, 1.165) is 116 Å². The number of benzene rings is 2.